The molecule has 1 aromatic rings. The van der Waals surface area contributed by atoms with E-state index in [1.165, 1.54) is 24.3 Å². The van der Waals surface area contributed by atoms with Crippen LogP contribution in [0.25, 0.3) is 0 Å². The van der Waals surface area contributed by atoms with Crippen molar-refractivity contribution in [3.05, 3.63) is 35.9 Å². The first kappa shape index (κ1) is 16.9. The van der Waals surface area contributed by atoms with Crippen molar-refractivity contribution in [2.75, 3.05) is 18.4 Å². The van der Waals surface area contributed by atoms with Crippen molar-refractivity contribution in [1.29, 1.82) is 0 Å². The number of allylic oxidation sites excluding steroid dienone is 1. The largest absolute Gasteiger partial charge is 0.446 e. The first-order valence-corrected chi connectivity index (χ1v) is 7.75. The number of alkyl halides is 3. The summed E-state index contributed by atoms with van der Waals surface area (Å²) in [5.41, 5.74) is -3.11. The van der Waals surface area contributed by atoms with E-state index < -0.39 is 5.51 Å². The molecule has 0 aliphatic carbocycles. The Morgan fingerprint density at radius 3 is 2.55 bits per heavy atom. The molecule has 0 bridgehead atoms. The molecule has 1 fully saturated rings. The van der Waals surface area contributed by atoms with Crippen LogP contribution >= 0.6 is 11.8 Å². The fourth-order valence-electron chi connectivity index (χ4n) is 2.42. The van der Waals surface area contributed by atoms with Crippen molar-refractivity contribution in [2.24, 2.45) is 5.92 Å². The van der Waals surface area contributed by atoms with Crippen LogP contribution in [0.4, 0.5) is 18.9 Å². The van der Waals surface area contributed by atoms with Crippen LogP contribution in [0.3, 0.4) is 0 Å². The van der Waals surface area contributed by atoms with Gasteiger partial charge in [0.15, 0.2) is 0 Å². The van der Waals surface area contributed by atoms with Crippen LogP contribution in [0, 0.1) is 5.92 Å². The summed E-state index contributed by atoms with van der Waals surface area (Å²) in [6.45, 7) is 3.48. The molecule has 1 aliphatic rings. The van der Waals surface area contributed by atoms with Crippen LogP contribution in [-0.4, -0.2) is 24.5 Å². The van der Waals surface area contributed by atoms with Gasteiger partial charge in [-0.25, -0.2) is 0 Å². The van der Waals surface area contributed by atoms with Gasteiger partial charge in [0.05, 0.1) is 0 Å². The van der Waals surface area contributed by atoms with Crippen LogP contribution in [0.2, 0.25) is 0 Å². The highest BCUT2D eigenvalue weighted by Gasteiger charge is 2.29. The smallest absolute Gasteiger partial charge is 0.322 e. The summed E-state index contributed by atoms with van der Waals surface area (Å²) >= 11 is -0.173. The monoisotopic (exact) mass is 330 g/mol. The standard InChI is InChI=1S/C15H17F3N2OS/c1-2-13(10-7-8-19-9-10)14(21)20-11-3-5-12(6-4-11)22-15(16,17)18/h2-6,10,19H,7-9H2,1H3,(H,20,21)/b13-2+. The molecule has 7 heteroatoms. The quantitative estimate of drug-likeness (QED) is 0.652. The number of thioether (sulfide) groups is 1. The van der Waals surface area contributed by atoms with E-state index in [0.717, 1.165) is 19.5 Å². The van der Waals surface area contributed by atoms with Gasteiger partial charge in [0.25, 0.3) is 5.91 Å². The van der Waals surface area contributed by atoms with E-state index in [1.807, 2.05) is 6.92 Å². The fourth-order valence-corrected chi connectivity index (χ4v) is 2.95. The van der Waals surface area contributed by atoms with Crippen LogP contribution < -0.4 is 10.6 Å². The average Bonchev–Trinajstić information content (AvgIpc) is 2.94. The maximum atomic E-state index is 12.3. The maximum absolute atomic E-state index is 12.3. The van der Waals surface area contributed by atoms with E-state index in [-0.39, 0.29) is 28.5 Å². The number of carbonyl (C=O) groups is 1. The average molecular weight is 330 g/mol. The zero-order chi connectivity index (χ0) is 16.2. The molecule has 2 N–H and O–H groups in total. The normalized spacial score (nSPS) is 19.3. The number of halogens is 3. The molecule has 2 rings (SSSR count). The van der Waals surface area contributed by atoms with Gasteiger partial charge in [-0.1, -0.05) is 6.08 Å². The number of hydrogen-bond acceptors (Lipinski definition) is 3. The molecule has 0 saturated carbocycles. The van der Waals surface area contributed by atoms with Crippen LogP contribution in [0.1, 0.15) is 13.3 Å². The number of amides is 1. The molecule has 0 aromatic heterocycles. The van der Waals surface area contributed by atoms with Crippen molar-refractivity contribution in [3.63, 3.8) is 0 Å². The van der Waals surface area contributed by atoms with Crippen LogP contribution in [0.5, 0.6) is 0 Å². The highest BCUT2D eigenvalue weighted by molar-refractivity contribution is 8.00. The van der Waals surface area contributed by atoms with E-state index in [4.69, 9.17) is 0 Å². The van der Waals surface area contributed by atoms with E-state index in [9.17, 15) is 18.0 Å². The number of benzene rings is 1. The Hall–Kier alpha value is -1.47. The first-order chi connectivity index (χ1) is 10.4. The second kappa shape index (κ2) is 7.19. The molecule has 1 amide bonds. The molecular weight excluding hydrogens is 313 g/mol. The second-order valence-electron chi connectivity index (χ2n) is 4.96. The third-order valence-corrected chi connectivity index (χ3v) is 4.16. The molecule has 1 heterocycles. The van der Waals surface area contributed by atoms with Gasteiger partial charge < -0.3 is 10.6 Å². The molecular formula is C15H17F3N2OS. The minimum atomic E-state index is -4.31. The lowest BCUT2D eigenvalue weighted by molar-refractivity contribution is -0.113. The number of carbonyl (C=O) groups excluding carboxylic acids is 1. The molecule has 120 valence electrons. The van der Waals surface area contributed by atoms with Gasteiger partial charge in [-0.2, -0.15) is 13.2 Å². The summed E-state index contributed by atoms with van der Waals surface area (Å²) in [4.78, 5) is 12.3. The number of anilines is 1. The van der Waals surface area contributed by atoms with Crippen LogP contribution in [0.15, 0.2) is 40.8 Å². The molecule has 0 radical (unpaired) electrons. The van der Waals surface area contributed by atoms with Crippen molar-refractivity contribution < 1.29 is 18.0 Å². The Bertz CT molecular complexity index is 549. The predicted molar refractivity (Wildman–Crippen MR) is 81.7 cm³/mol. The molecule has 3 nitrogen and oxygen atoms in total. The summed E-state index contributed by atoms with van der Waals surface area (Å²) in [6.07, 6.45) is 2.70. The highest BCUT2D eigenvalue weighted by atomic mass is 32.2. The van der Waals surface area contributed by atoms with Gasteiger partial charge >= 0.3 is 5.51 Å². The van der Waals surface area contributed by atoms with E-state index in [1.54, 1.807) is 6.08 Å². The van der Waals surface area contributed by atoms with Gasteiger partial charge in [-0.3, -0.25) is 4.79 Å². The van der Waals surface area contributed by atoms with E-state index in [2.05, 4.69) is 10.6 Å². The Morgan fingerprint density at radius 2 is 2.05 bits per heavy atom. The number of rotatable bonds is 4. The number of nitrogens with one attached hydrogen (secondary N) is 2. The minimum Gasteiger partial charge on any atom is -0.322 e. The first-order valence-electron chi connectivity index (χ1n) is 6.93. The third kappa shape index (κ3) is 4.78. The van der Waals surface area contributed by atoms with Gasteiger partial charge in [-0.15, -0.1) is 0 Å². The summed E-state index contributed by atoms with van der Waals surface area (Å²) in [5, 5.41) is 5.94. The maximum Gasteiger partial charge on any atom is 0.446 e. The Balaban J connectivity index is 1.99. The van der Waals surface area contributed by atoms with Gasteiger partial charge in [0, 0.05) is 28.6 Å². The van der Waals surface area contributed by atoms with Gasteiger partial charge in [0.1, 0.15) is 0 Å². The SMILES string of the molecule is C/C=C(/C(=O)Nc1ccc(SC(F)(F)F)cc1)C1CCNC1. The third-order valence-electron chi connectivity index (χ3n) is 3.42. The molecule has 1 aliphatic heterocycles. The van der Waals surface area contributed by atoms with Crippen LogP contribution in [-0.2, 0) is 4.79 Å². The molecule has 22 heavy (non-hydrogen) atoms. The second-order valence-corrected chi connectivity index (χ2v) is 6.10. The lowest BCUT2D eigenvalue weighted by Crippen LogP contribution is -2.22. The Kier molecular flexibility index (Phi) is 5.52. The van der Waals surface area contributed by atoms with E-state index in [0.29, 0.717) is 11.3 Å². The minimum absolute atomic E-state index is 0.0942. The van der Waals surface area contributed by atoms with Crippen molar-refractivity contribution in [1.82, 2.24) is 5.32 Å². The molecule has 1 saturated heterocycles. The molecule has 1 aromatic carbocycles. The topological polar surface area (TPSA) is 41.1 Å². The van der Waals surface area contributed by atoms with Crippen molar-refractivity contribution >= 4 is 23.4 Å². The van der Waals surface area contributed by atoms with Crippen molar-refractivity contribution in [2.45, 2.75) is 23.7 Å². The van der Waals surface area contributed by atoms with E-state index >= 15 is 0 Å². The Labute approximate surface area is 131 Å². The van der Waals surface area contributed by atoms with Gasteiger partial charge in [-0.05, 0) is 55.9 Å². The number of hydrogen-bond donors (Lipinski definition) is 2. The molecule has 1 unspecified atom stereocenters. The van der Waals surface area contributed by atoms with Crippen molar-refractivity contribution in [3.8, 4) is 0 Å². The summed E-state index contributed by atoms with van der Waals surface area (Å²) in [7, 11) is 0. The zero-order valence-corrected chi connectivity index (χ0v) is 12.9. The predicted octanol–water partition coefficient (Wildman–Crippen LogP) is 3.79. The summed E-state index contributed by atoms with van der Waals surface area (Å²) < 4.78 is 36.8. The fraction of sp³-hybridized carbons (Fsp3) is 0.400. The molecule has 1 atom stereocenters. The zero-order valence-electron chi connectivity index (χ0n) is 12.0. The molecule has 0 spiro atoms. The Morgan fingerprint density at radius 1 is 1.36 bits per heavy atom. The summed E-state index contributed by atoms with van der Waals surface area (Å²) in [6, 6.07) is 5.65. The highest BCUT2D eigenvalue weighted by Crippen LogP contribution is 2.37. The lowest BCUT2D eigenvalue weighted by atomic mass is 9.97. The lowest BCUT2D eigenvalue weighted by Gasteiger charge is -2.14. The van der Waals surface area contributed by atoms with Gasteiger partial charge in [0.2, 0.25) is 0 Å². The summed E-state index contributed by atoms with van der Waals surface area (Å²) in [5.74, 6) is -0.0162.